The second-order valence-electron chi connectivity index (χ2n) is 7.98. The maximum absolute atomic E-state index is 13.0. The van der Waals surface area contributed by atoms with Gasteiger partial charge in [-0.2, -0.15) is 0 Å². The number of nitrogens with one attached hydrogen (secondary N) is 2. The number of ether oxygens (including phenoxy) is 1. The highest BCUT2D eigenvalue weighted by Gasteiger charge is 2.33. The predicted molar refractivity (Wildman–Crippen MR) is 131 cm³/mol. The molecule has 2 N–H and O–H groups in total. The van der Waals surface area contributed by atoms with Crippen LogP contribution in [0.25, 0.3) is 0 Å². The van der Waals surface area contributed by atoms with Crippen molar-refractivity contribution in [3.8, 4) is 5.75 Å². The number of hydrogen-bond donors (Lipinski definition) is 2. The van der Waals surface area contributed by atoms with E-state index in [4.69, 9.17) is 4.74 Å². The summed E-state index contributed by atoms with van der Waals surface area (Å²) in [5.41, 5.74) is 3.68. The van der Waals surface area contributed by atoms with Crippen LogP contribution in [-0.2, 0) is 16.1 Å². The summed E-state index contributed by atoms with van der Waals surface area (Å²) in [4.78, 5) is 41.4. The Morgan fingerprint density at radius 1 is 0.971 bits per heavy atom. The summed E-state index contributed by atoms with van der Waals surface area (Å²) in [6.45, 7) is 1.96. The van der Waals surface area contributed by atoms with Gasteiger partial charge in [0.2, 0.25) is 11.8 Å². The lowest BCUT2D eigenvalue weighted by molar-refractivity contribution is -0.123. The van der Waals surface area contributed by atoms with Crippen molar-refractivity contribution < 1.29 is 19.1 Å². The van der Waals surface area contributed by atoms with E-state index in [1.54, 1.807) is 31.4 Å². The van der Waals surface area contributed by atoms with E-state index < -0.39 is 6.03 Å². The van der Waals surface area contributed by atoms with Crippen LogP contribution in [0.5, 0.6) is 5.75 Å². The monoisotopic (exact) mass is 458 g/mol. The van der Waals surface area contributed by atoms with Gasteiger partial charge in [-0.05, 0) is 48.9 Å². The summed E-state index contributed by atoms with van der Waals surface area (Å²) in [7, 11) is 1.58. The molecule has 0 fully saturated rings. The number of urea groups is 1. The van der Waals surface area contributed by atoms with Crippen molar-refractivity contribution in [1.29, 1.82) is 0 Å². The molecule has 0 spiro atoms. The Balaban J connectivity index is 1.46. The number of rotatable bonds is 6. The molecule has 0 atom stereocenters. The number of amides is 4. The number of methoxy groups -OCH3 is 1. The van der Waals surface area contributed by atoms with Crippen LogP contribution in [0.4, 0.5) is 21.9 Å². The normalized spacial score (nSPS) is 12.7. The first-order valence-electron chi connectivity index (χ1n) is 10.9. The third-order valence-corrected chi connectivity index (χ3v) is 5.53. The number of carbonyl (C=O) groups excluding carboxylic acids is 3. The van der Waals surface area contributed by atoms with Crippen molar-refractivity contribution in [3.63, 3.8) is 0 Å². The van der Waals surface area contributed by atoms with Crippen molar-refractivity contribution >= 4 is 34.9 Å². The highest BCUT2D eigenvalue weighted by molar-refractivity contribution is 6.15. The average molecular weight is 459 g/mol. The summed E-state index contributed by atoms with van der Waals surface area (Å²) < 4.78 is 5.21. The van der Waals surface area contributed by atoms with Gasteiger partial charge in [0.05, 0.1) is 18.5 Å². The predicted octanol–water partition coefficient (Wildman–Crippen LogP) is 3.71. The molecule has 174 valence electrons. The number of benzene rings is 3. The summed E-state index contributed by atoms with van der Waals surface area (Å²) >= 11 is 0. The van der Waals surface area contributed by atoms with Gasteiger partial charge in [0.1, 0.15) is 18.8 Å². The largest absolute Gasteiger partial charge is 0.497 e. The van der Waals surface area contributed by atoms with E-state index in [0.717, 1.165) is 11.1 Å². The number of aryl methyl sites for hydroxylation is 1. The average Bonchev–Trinajstić information content (AvgIpc) is 2.85. The SMILES string of the molecule is COc1cccc(CNC(=O)CN2C(=O)CN(C(=O)Nc3ccc(C)cc3)c3ccccc32)c1. The third-order valence-electron chi connectivity index (χ3n) is 5.53. The van der Waals surface area contributed by atoms with Crippen molar-refractivity contribution in [2.75, 3.05) is 35.3 Å². The van der Waals surface area contributed by atoms with Crippen molar-refractivity contribution in [3.05, 3.63) is 83.9 Å². The zero-order valence-electron chi connectivity index (χ0n) is 19.1. The van der Waals surface area contributed by atoms with Gasteiger partial charge in [0.15, 0.2) is 0 Å². The zero-order valence-corrected chi connectivity index (χ0v) is 19.1. The Bertz CT molecular complexity index is 1210. The lowest BCUT2D eigenvalue weighted by Gasteiger charge is -2.35. The van der Waals surface area contributed by atoms with Crippen LogP contribution in [0.1, 0.15) is 11.1 Å². The molecule has 34 heavy (non-hydrogen) atoms. The number of hydrogen-bond acceptors (Lipinski definition) is 4. The van der Waals surface area contributed by atoms with Crippen LogP contribution < -0.4 is 25.2 Å². The second-order valence-corrected chi connectivity index (χ2v) is 7.98. The van der Waals surface area contributed by atoms with Gasteiger partial charge in [-0.1, -0.05) is 42.0 Å². The lowest BCUT2D eigenvalue weighted by atomic mass is 10.1. The molecule has 3 aromatic rings. The smallest absolute Gasteiger partial charge is 0.326 e. The highest BCUT2D eigenvalue weighted by atomic mass is 16.5. The fourth-order valence-corrected chi connectivity index (χ4v) is 3.73. The summed E-state index contributed by atoms with van der Waals surface area (Å²) in [5.74, 6) is 0.0636. The molecule has 0 saturated heterocycles. The number of nitrogens with zero attached hydrogens (tertiary/aromatic N) is 2. The summed E-state index contributed by atoms with van der Waals surface area (Å²) in [5, 5.41) is 5.67. The van der Waals surface area contributed by atoms with E-state index in [2.05, 4.69) is 10.6 Å². The minimum Gasteiger partial charge on any atom is -0.497 e. The maximum atomic E-state index is 13.0. The molecule has 0 aliphatic carbocycles. The third kappa shape index (κ3) is 5.17. The molecule has 1 heterocycles. The van der Waals surface area contributed by atoms with Crippen LogP contribution >= 0.6 is 0 Å². The first-order valence-corrected chi connectivity index (χ1v) is 10.9. The molecule has 0 saturated carbocycles. The van der Waals surface area contributed by atoms with Crippen molar-refractivity contribution in [2.45, 2.75) is 13.5 Å². The number of para-hydroxylation sites is 2. The Hall–Kier alpha value is -4.33. The van der Waals surface area contributed by atoms with Gasteiger partial charge >= 0.3 is 6.03 Å². The van der Waals surface area contributed by atoms with Crippen molar-refractivity contribution in [1.82, 2.24) is 5.32 Å². The van der Waals surface area contributed by atoms with Crippen molar-refractivity contribution in [2.24, 2.45) is 0 Å². The molecule has 8 nitrogen and oxygen atoms in total. The topological polar surface area (TPSA) is 91.0 Å². The molecule has 0 bridgehead atoms. The highest BCUT2D eigenvalue weighted by Crippen LogP contribution is 2.33. The summed E-state index contributed by atoms with van der Waals surface area (Å²) in [6.07, 6.45) is 0. The van der Waals surface area contributed by atoms with E-state index in [-0.39, 0.29) is 24.9 Å². The number of anilines is 3. The van der Waals surface area contributed by atoms with Gasteiger partial charge < -0.3 is 15.4 Å². The first-order chi connectivity index (χ1) is 16.4. The standard InChI is InChI=1S/C26H26N4O4/c1-18-10-12-20(13-11-18)28-26(33)30-17-25(32)29(22-8-3-4-9-23(22)30)16-24(31)27-15-19-6-5-7-21(14-19)34-2/h3-14H,15-17H2,1-2H3,(H,27,31)(H,28,33). The van der Waals surface area contributed by atoms with E-state index in [0.29, 0.717) is 29.4 Å². The maximum Gasteiger partial charge on any atom is 0.326 e. The molecule has 4 amide bonds. The van der Waals surface area contributed by atoms with Gasteiger partial charge in [-0.3, -0.25) is 19.4 Å². The number of fused-ring (bicyclic) bond motifs is 1. The fraction of sp³-hybridized carbons (Fsp3) is 0.192. The molecular formula is C26H26N4O4. The molecule has 1 aliphatic heterocycles. The molecule has 8 heteroatoms. The van der Waals surface area contributed by atoms with Gasteiger partial charge in [-0.15, -0.1) is 0 Å². The Morgan fingerprint density at radius 3 is 2.44 bits per heavy atom. The summed E-state index contributed by atoms with van der Waals surface area (Å²) in [6, 6.07) is 21.5. The van der Waals surface area contributed by atoms with Gasteiger partial charge in [0.25, 0.3) is 0 Å². The van der Waals surface area contributed by atoms with Crippen LogP contribution in [-0.4, -0.2) is 38.0 Å². The fourth-order valence-electron chi connectivity index (χ4n) is 3.73. The van der Waals surface area contributed by atoms with E-state index >= 15 is 0 Å². The van der Waals surface area contributed by atoms with Crippen LogP contribution in [0.3, 0.4) is 0 Å². The van der Waals surface area contributed by atoms with Gasteiger partial charge in [-0.25, -0.2) is 4.79 Å². The van der Waals surface area contributed by atoms with Crippen LogP contribution in [0, 0.1) is 6.92 Å². The minimum atomic E-state index is -0.410. The van der Waals surface area contributed by atoms with E-state index in [1.807, 2.05) is 55.5 Å². The molecule has 0 unspecified atom stereocenters. The molecule has 1 aliphatic rings. The van der Waals surface area contributed by atoms with Crippen LogP contribution in [0.2, 0.25) is 0 Å². The Morgan fingerprint density at radius 2 is 1.71 bits per heavy atom. The molecule has 4 rings (SSSR count). The van der Waals surface area contributed by atoms with Gasteiger partial charge in [0, 0.05) is 12.2 Å². The molecule has 3 aromatic carbocycles. The van der Waals surface area contributed by atoms with E-state index in [1.165, 1.54) is 9.80 Å². The number of carbonyl (C=O) groups is 3. The Labute approximate surface area is 198 Å². The molecular weight excluding hydrogens is 432 g/mol. The Kier molecular flexibility index (Phi) is 6.77. The molecule has 0 radical (unpaired) electrons. The zero-order chi connectivity index (χ0) is 24.1. The van der Waals surface area contributed by atoms with Crippen LogP contribution in [0.15, 0.2) is 72.8 Å². The molecule has 0 aromatic heterocycles. The van der Waals surface area contributed by atoms with E-state index in [9.17, 15) is 14.4 Å². The second kappa shape index (κ2) is 10.1. The minimum absolute atomic E-state index is 0.146. The quantitative estimate of drug-likeness (QED) is 0.589. The lowest BCUT2D eigenvalue weighted by Crippen LogP contribution is -2.51. The first kappa shape index (κ1) is 22.8.